The number of morpholine rings is 1. The van der Waals surface area contributed by atoms with E-state index < -0.39 is 11.7 Å². The Balaban J connectivity index is 1.72. The van der Waals surface area contributed by atoms with Gasteiger partial charge in [0.05, 0.1) is 18.8 Å². The summed E-state index contributed by atoms with van der Waals surface area (Å²) >= 11 is 3.25. The first kappa shape index (κ1) is 19.1. The Bertz CT molecular complexity index is 731. The zero-order valence-electron chi connectivity index (χ0n) is 14.0. The highest BCUT2D eigenvalue weighted by molar-refractivity contribution is 9.10. The Morgan fingerprint density at radius 2 is 1.88 bits per heavy atom. The molecule has 1 saturated heterocycles. The number of halogens is 4. The maximum absolute atomic E-state index is 13.5. The molecule has 0 amide bonds. The van der Waals surface area contributed by atoms with Crippen molar-refractivity contribution in [3.8, 4) is 0 Å². The fourth-order valence-electron chi connectivity index (χ4n) is 2.85. The summed E-state index contributed by atoms with van der Waals surface area (Å²) in [5.41, 5.74) is 1.13. The quantitative estimate of drug-likeness (QED) is 0.729. The zero-order valence-corrected chi connectivity index (χ0v) is 15.6. The number of pyridine rings is 1. The van der Waals surface area contributed by atoms with Crippen molar-refractivity contribution in [3.63, 3.8) is 0 Å². The van der Waals surface area contributed by atoms with E-state index in [1.165, 1.54) is 6.07 Å². The molecule has 0 saturated carbocycles. The average Bonchev–Trinajstić information content (AvgIpc) is 2.63. The molecule has 0 radical (unpaired) electrons. The van der Waals surface area contributed by atoms with Gasteiger partial charge >= 0.3 is 6.18 Å². The lowest BCUT2D eigenvalue weighted by atomic mass is 10.0. The average molecular weight is 430 g/mol. The number of aromatic nitrogens is 1. The molecule has 1 fully saturated rings. The van der Waals surface area contributed by atoms with Crippen LogP contribution >= 0.6 is 15.9 Å². The molecule has 4 nitrogen and oxygen atoms in total. The fourth-order valence-corrected chi connectivity index (χ4v) is 3.09. The molecule has 1 aromatic carbocycles. The van der Waals surface area contributed by atoms with Gasteiger partial charge < -0.3 is 15.0 Å². The van der Waals surface area contributed by atoms with Crippen LogP contribution in [0, 0.1) is 0 Å². The Morgan fingerprint density at radius 3 is 2.54 bits per heavy atom. The topological polar surface area (TPSA) is 37.4 Å². The monoisotopic (exact) mass is 429 g/mol. The molecule has 140 valence electrons. The predicted octanol–water partition coefficient (Wildman–Crippen LogP) is 3.99. The van der Waals surface area contributed by atoms with Crippen molar-refractivity contribution >= 4 is 21.6 Å². The van der Waals surface area contributed by atoms with Gasteiger partial charge in [0, 0.05) is 38.1 Å². The van der Waals surface area contributed by atoms with Crippen LogP contribution in [0.5, 0.6) is 0 Å². The van der Waals surface area contributed by atoms with Crippen molar-refractivity contribution < 1.29 is 17.9 Å². The number of nitrogens with zero attached hydrogens (tertiary/aromatic N) is 2. The van der Waals surface area contributed by atoms with Crippen LogP contribution in [0.1, 0.15) is 16.7 Å². The highest BCUT2D eigenvalue weighted by atomic mass is 79.9. The van der Waals surface area contributed by atoms with E-state index >= 15 is 0 Å². The van der Waals surface area contributed by atoms with Gasteiger partial charge in [0.2, 0.25) is 0 Å². The summed E-state index contributed by atoms with van der Waals surface area (Å²) in [6, 6.07) is 8.22. The van der Waals surface area contributed by atoms with Gasteiger partial charge in [-0.15, -0.1) is 0 Å². The largest absolute Gasteiger partial charge is 0.416 e. The second kappa shape index (κ2) is 8.37. The van der Waals surface area contributed by atoms with Crippen LogP contribution in [0.25, 0.3) is 0 Å². The summed E-state index contributed by atoms with van der Waals surface area (Å²) in [5.74, 6) is 0. The normalized spacial score (nSPS) is 15.3. The minimum absolute atomic E-state index is 0.133. The van der Waals surface area contributed by atoms with E-state index in [-0.39, 0.29) is 12.1 Å². The molecule has 0 bridgehead atoms. The lowest BCUT2D eigenvalue weighted by Gasteiger charge is -2.29. The van der Waals surface area contributed by atoms with Crippen molar-refractivity contribution in [3.05, 3.63) is 57.8 Å². The standard InChI is InChI=1S/C18H19BrF3N3O/c19-17-4-1-13(11-24-17)10-23-12-14-2-3-15(9-16(14)18(20,21)22)25-5-7-26-8-6-25/h1-4,9,11,23H,5-8,10,12H2. The highest BCUT2D eigenvalue weighted by Crippen LogP contribution is 2.35. The second-order valence-corrected chi connectivity index (χ2v) is 6.84. The number of nitrogens with one attached hydrogen (secondary N) is 1. The molecule has 1 N–H and O–H groups in total. The fraction of sp³-hybridized carbons (Fsp3) is 0.389. The molecular formula is C18H19BrF3N3O. The molecule has 3 rings (SSSR count). The van der Waals surface area contributed by atoms with Crippen LogP contribution < -0.4 is 10.2 Å². The molecule has 1 aliphatic rings. The van der Waals surface area contributed by atoms with E-state index in [9.17, 15) is 13.2 Å². The van der Waals surface area contributed by atoms with Crippen molar-refractivity contribution in [2.24, 2.45) is 0 Å². The molecule has 26 heavy (non-hydrogen) atoms. The maximum atomic E-state index is 13.5. The number of anilines is 1. The second-order valence-electron chi connectivity index (χ2n) is 6.03. The van der Waals surface area contributed by atoms with E-state index in [2.05, 4.69) is 26.2 Å². The molecular weight excluding hydrogens is 411 g/mol. The molecule has 0 spiro atoms. The van der Waals surface area contributed by atoms with Gasteiger partial charge in [-0.2, -0.15) is 13.2 Å². The third kappa shape index (κ3) is 4.96. The Kier molecular flexibility index (Phi) is 6.16. The SMILES string of the molecule is FC(F)(F)c1cc(N2CCOCC2)ccc1CNCc1ccc(Br)nc1. The Morgan fingerprint density at radius 1 is 1.12 bits per heavy atom. The first-order valence-electron chi connectivity index (χ1n) is 8.27. The molecule has 0 unspecified atom stereocenters. The van der Waals surface area contributed by atoms with Crippen LogP contribution in [0.4, 0.5) is 18.9 Å². The van der Waals surface area contributed by atoms with Gasteiger partial charge in [-0.1, -0.05) is 12.1 Å². The minimum atomic E-state index is -4.39. The summed E-state index contributed by atoms with van der Waals surface area (Å²) in [6.07, 6.45) is -2.71. The molecule has 1 aromatic heterocycles. The smallest absolute Gasteiger partial charge is 0.378 e. The third-order valence-corrected chi connectivity index (χ3v) is 4.68. The Labute approximate surface area is 158 Å². The Hall–Kier alpha value is -1.64. The molecule has 1 aliphatic heterocycles. The molecule has 2 aromatic rings. The van der Waals surface area contributed by atoms with Crippen LogP contribution in [-0.2, 0) is 24.0 Å². The summed E-state index contributed by atoms with van der Waals surface area (Å²) in [7, 11) is 0. The van der Waals surface area contributed by atoms with Crippen LogP contribution in [-0.4, -0.2) is 31.3 Å². The van der Waals surface area contributed by atoms with Gasteiger partial charge in [-0.05, 0) is 45.3 Å². The molecule has 0 atom stereocenters. The van der Waals surface area contributed by atoms with Crippen LogP contribution in [0.15, 0.2) is 41.1 Å². The molecule has 0 aliphatic carbocycles. The summed E-state index contributed by atoms with van der Waals surface area (Å²) in [5, 5.41) is 3.06. The lowest BCUT2D eigenvalue weighted by Crippen LogP contribution is -2.36. The summed E-state index contributed by atoms with van der Waals surface area (Å²) in [6.45, 7) is 2.85. The third-order valence-electron chi connectivity index (χ3n) is 4.21. The number of ether oxygens (including phenoxy) is 1. The first-order chi connectivity index (χ1) is 12.4. The highest BCUT2D eigenvalue weighted by Gasteiger charge is 2.34. The number of hydrogen-bond acceptors (Lipinski definition) is 4. The van der Waals surface area contributed by atoms with Gasteiger partial charge in [-0.3, -0.25) is 0 Å². The van der Waals surface area contributed by atoms with Crippen molar-refractivity contribution in [2.75, 3.05) is 31.2 Å². The maximum Gasteiger partial charge on any atom is 0.416 e. The van der Waals surface area contributed by atoms with Crippen LogP contribution in [0.2, 0.25) is 0 Å². The number of rotatable bonds is 5. The van der Waals surface area contributed by atoms with E-state index in [0.717, 1.165) is 10.2 Å². The number of alkyl halides is 3. The number of benzene rings is 1. The van der Waals surface area contributed by atoms with E-state index in [1.54, 1.807) is 24.4 Å². The minimum Gasteiger partial charge on any atom is -0.378 e. The van der Waals surface area contributed by atoms with E-state index in [0.29, 0.717) is 38.5 Å². The summed E-state index contributed by atoms with van der Waals surface area (Å²) < 4.78 is 46.5. The lowest BCUT2D eigenvalue weighted by molar-refractivity contribution is -0.138. The molecule has 2 heterocycles. The van der Waals surface area contributed by atoms with E-state index in [1.807, 2.05) is 11.0 Å². The van der Waals surface area contributed by atoms with Gasteiger partial charge in [-0.25, -0.2) is 4.98 Å². The van der Waals surface area contributed by atoms with Crippen molar-refractivity contribution in [2.45, 2.75) is 19.3 Å². The van der Waals surface area contributed by atoms with Crippen molar-refractivity contribution in [1.29, 1.82) is 0 Å². The van der Waals surface area contributed by atoms with E-state index in [4.69, 9.17) is 4.74 Å². The van der Waals surface area contributed by atoms with Gasteiger partial charge in [0.25, 0.3) is 0 Å². The number of hydrogen-bond donors (Lipinski definition) is 1. The van der Waals surface area contributed by atoms with Crippen LogP contribution in [0.3, 0.4) is 0 Å². The molecule has 8 heteroatoms. The van der Waals surface area contributed by atoms with Gasteiger partial charge in [0.1, 0.15) is 4.60 Å². The first-order valence-corrected chi connectivity index (χ1v) is 9.07. The van der Waals surface area contributed by atoms with Crippen molar-refractivity contribution in [1.82, 2.24) is 10.3 Å². The summed E-state index contributed by atoms with van der Waals surface area (Å²) in [4.78, 5) is 6.03. The zero-order chi connectivity index (χ0) is 18.6. The van der Waals surface area contributed by atoms with Gasteiger partial charge in [0.15, 0.2) is 0 Å². The predicted molar refractivity (Wildman–Crippen MR) is 97.0 cm³/mol.